The van der Waals surface area contributed by atoms with Crippen LogP contribution in [0.3, 0.4) is 0 Å². The van der Waals surface area contributed by atoms with Crippen molar-refractivity contribution in [3.63, 3.8) is 0 Å². The summed E-state index contributed by atoms with van der Waals surface area (Å²) in [5.41, 5.74) is 0. The number of ether oxygens (including phenoxy) is 4. The van der Waals surface area contributed by atoms with Gasteiger partial charge >= 0.3 is 148 Å². The van der Waals surface area contributed by atoms with E-state index in [0.717, 1.165) is 31.5 Å². The van der Waals surface area contributed by atoms with Crippen LogP contribution in [0.15, 0.2) is 30.3 Å². The Morgan fingerprint density at radius 2 is 1.35 bits per heavy atom. The summed E-state index contributed by atoms with van der Waals surface area (Å²) in [5.74, 6) is -6.03. The summed E-state index contributed by atoms with van der Waals surface area (Å²) in [6.07, 6.45) is 3.56. The average Bonchev–Trinajstić information content (AvgIpc) is 2.94. The first-order valence-electron chi connectivity index (χ1n) is 11.7. The van der Waals surface area contributed by atoms with Crippen LogP contribution in [0.4, 0.5) is 0 Å². The molecule has 0 unspecified atom stereocenters. The van der Waals surface area contributed by atoms with Gasteiger partial charge in [-0.2, -0.15) is 0 Å². The molecule has 0 N–H and O–H groups in total. The predicted octanol–water partition coefficient (Wildman–Crippen LogP) is 1.99. The quantitative estimate of drug-likeness (QED) is 0.104. The molecule has 0 amide bonds. The monoisotopic (exact) mass is 588 g/mol. The van der Waals surface area contributed by atoms with Gasteiger partial charge in [-0.3, -0.25) is 9.59 Å². The number of methoxy groups -OCH3 is 4. The number of esters is 4. The van der Waals surface area contributed by atoms with Gasteiger partial charge in [0.2, 0.25) is 0 Å². The molecule has 1 aromatic rings. The maximum atomic E-state index is 12.5. The fourth-order valence-corrected chi connectivity index (χ4v) is 5.83. The summed E-state index contributed by atoms with van der Waals surface area (Å²) >= 11 is -0.568. The van der Waals surface area contributed by atoms with Crippen LogP contribution in [0.25, 0.3) is 0 Å². The number of carbonyl (C=O) groups excluding carboxylic acids is 6. The number of benzene rings is 1. The van der Waals surface area contributed by atoms with Gasteiger partial charge in [-0.25, -0.2) is 4.79 Å². The zero-order valence-electron chi connectivity index (χ0n) is 22.2. The van der Waals surface area contributed by atoms with Crippen molar-refractivity contribution in [2.45, 2.75) is 56.7 Å². The molecule has 206 valence electrons. The van der Waals surface area contributed by atoms with Crippen LogP contribution >= 0.6 is 0 Å². The van der Waals surface area contributed by atoms with Crippen LogP contribution in [0.2, 0.25) is 4.31 Å². The van der Waals surface area contributed by atoms with Gasteiger partial charge in [-0.05, 0) is 6.42 Å². The Labute approximate surface area is 223 Å². The Hall–Kier alpha value is -3.04. The molecule has 0 fully saturated rings. The molecule has 0 saturated carbocycles. The van der Waals surface area contributed by atoms with Crippen LogP contribution in [-0.4, -0.2) is 78.8 Å². The molecule has 10 nitrogen and oxygen atoms in total. The summed E-state index contributed by atoms with van der Waals surface area (Å²) in [5, 5.41) is 0. The second-order valence-corrected chi connectivity index (χ2v) is 10.6. The van der Waals surface area contributed by atoms with Gasteiger partial charge in [0.1, 0.15) is 5.92 Å². The molecule has 0 heterocycles. The minimum absolute atomic E-state index is 0.277. The van der Waals surface area contributed by atoms with E-state index in [1.807, 2.05) is 44.2 Å². The normalized spacial score (nSPS) is 12.5. The molecule has 0 aromatic heterocycles. The van der Waals surface area contributed by atoms with Crippen molar-refractivity contribution in [3.8, 4) is 0 Å². The van der Waals surface area contributed by atoms with Crippen molar-refractivity contribution in [2.75, 3.05) is 28.4 Å². The molecule has 0 aliphatic heterocycles. The van der Waals surface area contributed by atoms with E-state index in [2.05, 4.69) is 14.2 Å². The number of Topliss-reactive ketones (excluding diaryl/α,β-unsaturated/α-hetero) is 2. The molecule has 1 rings (SSSR count). The van der Waals surface area contributed by atoms with Crippen LogP contribution in [0.5, 0.6) is 0 Å². The maximum absolute atomic E-state index is 12.5. The first-order chi connectivity index (χ1) is 17.6. The van der Waals surface area contributed by atoms with Gasteiger partial charge in [0.05, 0.1) is 14.2 Å². The number of hydrogen-bond acceptors (Lipinski definition) is 10. The fourth-order valence-electron chi connectivity index (χ4n) is 3.13. The second kappa shape index (κ2) is 18.2. The molecular formula is C26H36O10Se. The summed E-state index contributed by atoms with van der Waals surface area (Å²) in [6.45, 7) is 3.89. The molecular weight excluding hydrogens is 551 g/mol. The van der Waals surface area contributed by atoms with E-state index in [0.29, 0.717) is 19.3 Å². The number of hydrogen-bond donors (Lipinski definition) is 0. The topological polar surface area (TPSA) is 139 Å². The Bertz CT molecular complexity index is 915. The molecule has 0 aliphatic carbocycles. The SMILES string of the molecule is CCCC[C@H](C(=O)OC)C(=O)C(=O)OC.CCCC[C@]([Se]c1ccccc1)(C(=O)OC)C(=O)C(=O)OC. The Morgan fingerprint density at radius 1 is 0.784 bits per heavy atom. The van der Waals surface area contributed by atoms with Gasteiger partial charge in [0.15, 0.2) is 0 Å². The predicted molar refractivity (Wildman–Crippen MR) is 135 cm³/mol. The van der Waals surface area contributed by atoms with Gasteiger partial charge in [0.25, 0.3) is 5.78 Å². The fraction of sp³-hybridized carbons (Fsp3) is 0.538. The summed E-state index contributed by atoms with van der Waals surface area (Å²) in [6, 6.07) is 9.21. The van der Waals surface area contributed by atoms with Crippen molar-refractivity contribution in [1.82, 2.24) is 0 Å². The first kappa shape index (κ1) is 34.0. The van der Waals surface area contributed by atoms with Crippen molar-refractivity contribution in [1.29, 1.82) is 0 Å². The Balaban J connectivity index is 0.000000757. The van der Waals surface area contributed by atoms with Crippen molar-refractivity contribution in [2.24, 2.45) is 5.92 Å². The third-order valence-corrected chi connectivity index (χ3v) is 8.17. The van der Waals surface area contributed by atoms with E-state index in [4.69, 9.17) is 4.74 Å². The Morgan fingerprint density at radius 3 is 1.81 bits per heavy atom. The Kier molecular flexibility index (Phi) is 16.7. The van der Waals surface area contributed by atoms with Crippen LogP contribution < -0.4 is 4.46 Å². The van der Waals surface area contributed by atoms with E-state index in [-0.39, 0.29) is 6.42 Å². The van der Waals surface area contributed by atoms with E-state index >= 15 is 0 Å². The standard InChI is InChI=1S/C16H20O5Se.C10H16O5/c1-4-5-11-16(15(19)21-3,13(17)14(18)20-2)22-12-9-7-6-8-10-12;1-4-5-6-7(9(12)14-2)8(11)10(13)15-3/h6-10H,4-5,11H2,1-3H3;7H,4-6H2,1-3H3/t16-;7-/m10/s1. The van der Waals surface area contributed by atoms with Gasteiger partial charge in [-0.1, -0.05) is 19.8 Å². The second-order valence-electron chi connectivity index (χ2n) is 7.73. The molecule has 0 aliphatic rings. The first-order valence-corrected chi connectivity index (χ1v) is 13.5. The molecule has 0 saturated heterocycles. The zero-order chi connectivity index (χ0) is 28.4. The van der Waals surface area contributed by atoms with Gasteiger partial charge in [-0.15, -0.1) is 0 Å². The number of carbonyl (C=O) groups is 6. The van der Waals surface area contributed by atoms with Crippen LogP contribution in [0, 0.1) is 5.92 Å². The molecule has 0 spiro atoms. The van der Waals surface area contributed by atoms with Crippen LogP contribution in [-0.2, 0) is 47.7 Å². The molecule has 11 heteroatoms. The van der Waals surface area contributed by atoms with Crippen molar-refractivity contribution < 1.29 is 47.7 Å². The van der Waals surface area contributed by atoms with Crippen molar-refractivity contribution in [3.05, 3.63) is 30.3 Å². The van der Waals surface area contributed by atoms with Crippen LogP contribution in [0.1, 0.15) is 52.4 Å². The van der Waals surface area contributed by atoms with Crippen molar-refractivity contribution >= 4 is 54.9 Å². The van der Waals surface area contributed by atoms with E-state index < -0.39 is 60.6 Å². The average molecular weight is 588 g/mol. The molecule has 0 radical (unpaired) electrons. The number of rotatable bonds is 14. The van der Waals surface area contributed by atoms with E-state index in [1.54, 1.807) is 0 Å². The number of ketones is 2. The third-order valence-electron chi connectivity index (χ3n) is 5.21. The van der Waals surface area contributed by atoms with E-state index in [9.17, 15) is 28.8 Å². The van der Waals surface area contributed by atoms with Gasteiger partial charge in [0, 0.05) is 0 Å². The van der Waals surface area contributed by atoms with E-state index in [1.165, 1.54) is 14.2 Å². The number of unbranched alkanes of at least 4 members (excludes halogenated alkanes) is 2. The summed E-state index contributed by atoms with van der Waals surface area (Å²) in [4.78, 5) is 70.3. The molecule has 37 heavy (non-hydrogen) atoms. The summed E-state index contributed by atoms with van der Waals surface area (Å²) < 4.78 is 17.5. The summed E-state index contributed by atoms with van der Waals surface area (Å²) in [7, 11) is 4.66. The minimum atomic E-state index is -1.47. The molecule has 1 aromatic carbocycles. The molecule has 2 atom stereocenters. The third kappa shape index (κ3) is 10.5. The molecule has 0 bridgehead atoms. The van der Waals surface area contributed by atoms with Gasteiger partial charge < -0.3 is 9.47 Å². The zero-order valence-corrected chi connectivity index (χ0v) is 23.9.